The highest BCUT2D eigenvalue weighted by molar-refractivity contribution is 6.02. The average molecular weight is 369 g/mol. The number of allylic oxidation sites excluding steroid dienone is 1. The lowest BCUT2D eigenvalue weighted by Gasteiger charge is -2.37. The van der Waals surface area contributed by atoms with Crippen LogP contribution < -0.4 is 0 Å². The molecular weight excluding hydrogens is 342 g/mol. The van der Waals surface area contributed by atoms with Crippen LogP contribution in [0.3, 0.4) is 0 Å². The van der Waals surface area contributed by atoms with Crippen LogP contribution >= 0.6 is 0 Å². The van der Waals surface area contributed by atoms with Crippen molar-refractivity contribution < 1.29 is 19.4 Å². The quantitative estimate of drug-likeness (QED) is 0.886. The number of hydrogen-bond acceptors (Lipinski definition) is 4. The van der Waals surface area contributed by atoms with Gasteiger partial charge in [-0.25, -0.2) is 0 Å². The third-order valence-electron chi connectivity index (χ3n) is 6.29. The van der Waals surface area contributed by atoms with Crippen molar-refractivity contribution in [3.05, 3.63) is 47.7 Å². The van der Waals surface area contributed by atoms with Crippen molar-refractivity contribution in [3.8, 4) is 0 Å². The summed E-state index contributed by atoms with van der Waals surface area (Å²) >= 11 is 0. The number of hydrogen-bond donors (Lipinski definition) is 1. The van der Waals surface area contributed by atoms with Crippen LogP contribution in [0.15, 0.2) is 42.2 Å². The normalized spacial score (nSPS) is 31.6. The Balaban J connectivity index is 1.60. The van der Waals surface area contributed by atoms with Gasteiger partial charge in [-0.05, 0) is 45.1 Å². The van der Waals surface area contributed by atoms with E-state index in [1.54, 1.807) is 0 Å². The fourth-order valence-corrected chi connectivity index (χ4v) is 5.23. The summed E-state index contributed by atoms with van der Waals surface area (Å²) in [7, 11) is 0. The van der Waals surface area contributed by atoms with Crippen molar-refractivity contribution in [1.29, 1.82) is 0 Å². The van der Waals surface area contributed by atoms with Crippen LogP contribution in [0.4, 0.5) is 0 Å². The molecule has 0 aromatic heterocycles. The highest BCUT2D eigenvalue weighted by atomic mass is 16.5. The first-order chi connectivity index (χ1) is 12.8. The first kappa shape index (κ1) is 18.2. The van der Waals surface area contributed by atoms with Crippen LogP contribution in [0, 0.1) is 5.41 Å². The van der Waals surface area contributed by atoms with E-state index in [4.69, 9.17) is 4.74 Å². The van der Waals surface area contributed by atoms with Gasteiger partial charge in [0.05, 0.1) is 6.61 Å². The minimum Gasteiger partial charge on any atom is -0.481 e. The van der Waals surface area contributed by atoms with Crippen molar-refractivity contribution in [3.63, 3.8) is 0 Å². The number of ketones is 1. The molecule has 2 fully saturated rings. The van der Waals surface area contributed by atoms with Gasteiger partial charge in [-0.3, -0.25) is 9.59 Å². The van der Waals surface area contributed by atoms with Gasteiger partial charge < -0.3 is 14.7 Å². The van der Waals surface area contributed by atoms with Crippen molar-refractivity contribution in [2.75, 3.05) is 6.61 Å². The van der Waals surface area contributed by atoms with Gasteiger partial charge in [0.2, 0.25) is 0 Å². The van der Waals surface area contributed by atoms with Gasteiger partial charge in [-0.1, -0.05) is 30.3 Å². The molecule has 3 aliphatic rings. The third-order valence-corrected chi connectivity index (χ3v) is 6.29. The Bertz CT molecular complexity index is 785. The van der Waals surface area contributed by atoms with Gasteiger partial charge in [0.25, 0.3) is 5.91 Å². The van der Waals surface area contributed by atoms with E-state index in [1.807, 2.05) is 36.9 Å². The summed E-state index contributed by atoms with van der Waals surface area (Å²) in [6.07, 6.45) is 5.00. The van der Waals surface area contributed by atoms with E-state index in [2.05, 4.69) is 12.1 Å². The highest BCUT2D eigenvalue weighted by Crippen LogP contribution is 2.52. The van der Waals surface area contributed by atoms with Gasteiger partial charge in [-0.2, -0.15) is 0 Å². The van der Waals surface area contributed by atoms with Crippen LogP contribution in [0.1, 0.15) is 45.1 Å². The maximum atomic E-state index is 13.2. The van der Waals surface area contributed by atoms with E-state index in [9.17, 15) is 14.7 Å². The molecule has 2 saturated heterocycles. The second-order valence-electron chi connectivity index (χ2n) is 8.86. The molecule has 5 heteroatoms. The molecule has 27 heavy (non-hydrogen) atoms. The predicted octanol–water partition coefficient (Wildman–Crippen LogP) is 2.62. The molecule has 0 radical (unpaired) electrons. The Morgan fingerprint density at radius 1 is 1.26 bits per heavy atom. The maximum absolute atomic E-state index is 13.2. The Morgan fingerprint density at radius 3 is 2.67 bits per heavy atom. The molecule has 1 N–H and O–H groups in total. The van der Waals surface area contributed by atoms with Gasteiger partial charge >= 0.3 is 0 Å². The van der Waals surface area contributed by atoms with Crippen LogP contribution in [0.5, 0.6) is 0 Å². The molecule has 1 aromatic carbocycles. The lowest BCUT2D eigenvalue weighted by atomic mass is 9.70. The zero-order chi connectivity index (χ0) is 19.2. The zero-order valence-corrected chi connectivity index (χ0v) is 16.0. The Kier molecular flexibility index (Phi) is 4.38. The summed E-state index contributed by atoms with van der Waals surface area (Å²) in [5, 5.41) is 10.3. The molecule has 3 atom stereocenters. The van der Waals surface area contributed by atoms with E-state index in [-0.39, 0.29) is 48.0 Å². The average Bonchev–Trinajstić information content (AvgIpc) is 3.16. The number of fused-ring (bicyclic) bond motifs is 2. The number of rotatable bonds is 4. The molecule has 1 aromatic rings. The first-order valence-electron chi connectivity index (χ1n) is 9.75. The van der Waals surface area contributed by atoms with Crippen molar-refractivity contribution in [1.82, 2.24) is 4.90 Å². The second kappa shape index (κ2) is 6.48. The van der Waals surface area contributed by atoms with Gasteiger partial charge in [0.1, 0.15) is 5.60 Å². The van der Waals surface area contributed by atoms with Gasteiger partial charge in [-0.15, -0.1) is 0 Å². The summed E-state index contributed by atoms with van der Waals surface area (Å²) in [6.45, 7) is 3.71. The minimum atomic E-state index is -0.659. The number of aliphatic hydroxyl groups excluding tert-OH is 1. The van der Waals surface area contributed by atoms with Gasteiger partial charge in [0.15, 0.2) is 11.5 Å². The fourth-order valence-electron chi connectivity index (χ4n) is 5.23. The number of aliphatic hydroxyl groups is 1. The van der Waals surface area contributed by atoms with Crippen LogP contribution in [0.25, 0.3) is 0 Å². The lowest BCUT2D eigenvalue weighted by molar-refractivity contribution is -0.139. The first-order valence-corrected chi connectivity index (χ1v) is 9.75. The molecule has 0 aliphatic carbocycles. The van der Waals surface area contributed by atoms with E-state index < -0.39 is 5.60 Å². The monoisotopic (exact) mass is 369 g/mol. The maximum Gasteiger partial charge on any atom is 0.289 e. The summed E-state index contributed by atoms with van der Waals surface area (Å²) in [5.41, 5.74) is 0.193. The Hall–Kier alpha value is -2.14. The number of carbonyl (C=O) groups excluding carboxylic acids is 2. The van der Waals surface area contributed by atoms with E-state index in [0.29, 0.717) is 0 Å². The molecule has 4 rings (SSSR count). The molecule has 5 nitrogen and oxygen atoms in total. The Labute approximate surface area is 160 Å². The summed E-state index contributed by atoms with van der Waals surface area (Å²) in [6, 6.07) is 10.2. The predicted molar refractivity (Wildman–Crippen MR) is 101 cm³/mol. The number of benzene rings is 1. The topological polar surface area (TPSA) is 66.8 Å². The molecular formula is C22H27NO4. The van der Waals surface area contributed by atoms with Gasteiger partial charge in [0, 0.05) is 30.0 Å². The molecule has 0 unspecified atom stereocenters. The molecule has 0 saturated carbocycles. The smallest absolute Gasteiger partial charge is 0.289 e. The Morgan fingerprint density at radius 2 is 2.00 bits per heavy atom. The number of nitrogens with zero attached hydrogens (tertiary/aromatic N) is 1. The molecule has 2 bridgehead atoms. The summed E-state index contributed by atoms with van der Waals surface area (Å²) in [5.74, 6) is -0.118. The van der Waals surface area contributed by atoms with Crippen molar-refractivity contribution in [2.45, 2.75) is 63.6 Å². The van der Waals surface area contributed by atoms with Crippen molar-refractivity contribution in [2.24, 2.45) is 5.41 Å². The molecule has 3 heterocycles. The van der Waals surface area contributed by atoms with Crippen LogP contribution in [-0.2, 0) is 20.7 Å². The van der Waals surface area contributed by atoms with Crippen LogP contribution in [0.2, 0.25) is 0 Å². The number of ether oxygens (including phenoxy) is 1. The molecule has 3 aliphatic heterocycles. The SMILES string of the molecule is CC1(C)CC(=O)C=C(C(=O)N2[C@@H]3CC[C@H]2[C@](CO)(Cc2ccccc2)C3)O1. The fraction of sp³-hybridized carbons (Fsp3) is 0.545. The lowest BCUT2D eigenvalue weighted by Crippen LogP contribution is -2.46. The second-order valence-corrected chi connectivity index (χ2v) is 8.86. The standard InChI is InChI=1S/C22H27NO4/c1-21(2)13-17(25)10-18(27-21)20(26)23-16-8-9-19(23)22(12-16,14-24)11-15-6-4-3-5-7-15/h3-7,10,16,19,24H,8-9,11-14H2,1-2H3/t16-,19+,22-/m1/s1. The van der Waals surface area contributed by atoms with Crippen molar-refractivity contribution >= 4 is 11.7 Å². The number of amides is 1. The zero-order valence-electron chi connectivity index (χ0n) is 16.0. The molecule has 144 valence electrons. The largest absolute Gasteiger partial charge is 0.481 e. The summed E-state index contributed by atoms with van der Waals surface area (Å²) < 4.78 is 5.85. The molecule has 1 amide bonds. The minimum absolute atomic E-state index is 0.0233. The highest BCUT2D eigenvalue weighted by Gasteiger charge is 2.57. The summed E-state index contributed by atoms with van der Waals surface area (Å²) in [4.78, 5) is 27.2. The molecule has 0 spiro atoms. The number of carbonyl (C=O) groups is 2. The van der Waals surface area contributed by atoms with E-state index in [0.717, 1.165) is 25.7 Å². The van der Waals surface area contributed by atoms with Crippen LogP contribution in [-0.4, -0.2) is 46.0 Å². The van der Waals surface area contributed by atoms with E-state index in [1.165, 1.54) is 11.6 Å². The van der Waals surface area contributed by atoms with E-state index >= 15 is 0 Å². The third kappa shape index (κ3) is 3.18.